The van der Waals surface area contributed by atoms with E-state index in [4.69, 9.17) is 27.9 Å². The van der Waals surface area contributed by atoms with E-state index >= 15 is 0 Å². The van der Waals surface area contributed by atoms with Crippen LogP contribution in [0.15, 0.2) is 42.5 Å². The number of anilines is 1. The monoisotopic (exact) mass is 444 g/mol. The second-order valence-electron chi connectivity index (χ2n) is 6.14. The quantitative estimate of drug-likeness (QED) is 0.666. The molecule has 9 heteroatoms. The fourth-order valence-electron chi connectivity index (χ4n) is 2.69. The Morgan fingerprint density at radius 1 is 1.18 bits per heavy atom. The second kappa shape index (κ2) is 9.49. The van der Waals surface area contributed by atoms with Crippen LogP contribution < -0.4 is 14.4 Å². The van der Waals surface area contributed by atoms with Gasteiger partial charge in [-0.2, -0.15) is 0 Å². The molecule has 0 aliphatic rings. The van der Waals surface area contributed by atoms with Crippen LogP contribution >= 0.6 is 23.2 Å². The van der Waals surface area contributed by atoms with Crippen molar-refractivity contribution in [3.8, 4) is 5.75 Å². The minimum atomic E-state index is -3.76. The van der Waals surface area contributed by atoms with Gasteiger partial charge in [0.05, 0.1) is 35.1 Å². The van der Waals surface area contributed by atoms with Crippen LogP contribution in [0.25, 0.3) is 0 Å². The zero-order valence-electron chi connectivity index (χ0n) is 15.8. The van der Waals surface area contributed by atoms with Crippen LogP contribution in [0.4, 0.5) is 5.69 Å². The predicted octanol–water partition coefficient (Wildman–Crippen LogP) is 4.04. The van der Waals surface area contributed by atoms with Gasteiger partial charge in [0.2, 0.25) is 15.9 Å². The van der Waals surface area contributed by atoms with Gasteiger partial charge in [0, 0.05) is 0 Å². The highest BCUT2D eigenvalue weighted by Gasteiger charge is 2.25. The Bertz CT molecular complexity index is 933. The van der Waals surface area contributed by atoms with E-state index in [1.54, 1.807) is 31.4 Å². The van der Waals surface area contributed by atoms with Crippen molar-refractivity contribution in [2.24, 2.45) is 0 Å². The lowest BCUT2D eigenvalue weighted by Crippen LogP contribution is -2.41. The number of benzene rings is 2. The average molecular weight is 445 g/mol. The molecule has 0 radical (unpaired) electrons. The number of nitrogens with zero attached hydrogens (tertiary/aromatic N) is 1. The van der Waals surface area contributed by atoms with Gasteiger partial charge in [-0.25, -0.2) is 8.42 Å². The smallest absolute Gasteiger partial charge is 0.241 e. The highest BCUT2D eigenvalue weighted by Crippen LogP contribution is 2.33. The summed E-state index contributed by atoms with van der Waals surface area (Å²) in [5, 5.41) is 3.15. The van der Waals surface area contributed by atoms with E-state index in [-0.39, 0.29) is 21.8 Å². The lowest BCUT2D eigenvalue weighted by molar-refractivity contribution is -0.120. The van der Waals surface area contributed by atoms with Gasteiger partial charge in [-0.1, -0.05) is 48.3 Å². The molecule has 0 aliphatic carbocycles. The molecule has 0 aliphatic heterocycles. The third kappa shape index (κ3) is 5.53. The first-order chi connectivity index (χ1) is 13.2. The Balaban J connectivity index is 2.22. The molecule has 0 saturated heterocycles. The summed E-state index contributed by atoms with van der Waals surface area (Å²) in [6.45, 7) is 1.52. The van der Waals surface area contributed by atoms with Crippen molar-refractivity contribution < 1.29 is 17.9 Å². The normalized spacial score (nSPS) is 12.3. The van der Waals surface area contributed by atoms with Gasteiger partial charge in [0.1, 0.15) is 12.3 Å². The fraction of sp³-hybridized carbons (Fsp3) is 0.316. The van der Waals surface area contributed by atoms with Crippen molar-refractivity contribution in [1.82, 2.24) is 5.32 Å². The van der Waals surface area contributed by atoms with E-state index in [1.165, 1.54) is 6.07 Å². The molecule has 1 amide bonds. The van der Waals surface area contributed by atoms with E-state index in [9.17, 15) is 13.2 Å². The molecule has 0 unspecified atom stereocenters. The summed E-state index contributed by atoms with van der Waals surface area (Å²) >= 11 is 12.1. The molecule has 1 atom stereocenters. The van der Waals surface area contributed by atoms with Gasteiger partial charge in [0.15, 0.2) is 0 Å². The van der Waals surface area contributed by atoms with Crippen LogP contribution in [-0.2, 0) is 14.8 Å². The summed E-state index contributed by atoms with van der Waals surface area (Å²) in [6.07, 6.45) is 1.65. The van der Waals surface area contributed by atoms with E-state index < -0.39 is 22.5 Å². The third-order valence-corrected chi connectivity index (χ3v) is 6.08. The molecule has 0 heterocycles. The first kappa shape index (κ1) is 22.3. The van der Waals surface area contributed by atoms with Crippen LogP contribution in [0.3, 0.4) is 0 Å². The van der Waals surface area contributed by atoms with Crippen LogP contribution in [0, 0.1) is 0 Å². The molecule has 0 spiro atoms. The molecule has 0 bridgehead atoms. The third-order valence-electron chi connectivity index (χ3n) is 4.15. The number of nitrogens with one attached hydrogen (secondary N) is 1. The van der Waals surface area contributed by atoms with Crippen LogP contribution in [-0.4, -0.2) is 34.2 Å². The fourth-order valence-corrected chi connectivity index (χ4v) is 4.00. The van der Waals surface area contributed by atoms with Gasteiger partial charge in [0.25, 0.3) is 0 Å². The number of carbonyl (C=O) groups is 1. The predicted molar refractivity (Wildman–Crippen MR) is 113 cm³/mol. The molecular weight excluding hydrogens is 423 g/mol. The number of ether oxygens (including phenoxy) is 1. The number of methoxy groups -OCH3 is 1. The van der Waals surface area contributed by atoms with Gasteiger partial charge in [-0.15, -0.1) is 0 Å². The zero-order chi connectivity index (χ0) is 20.9. The maximum atomic E-state index is 12.6. The molecule has 1 N–H and O–H groups in total. The second-order valence-corrected chi connectivity index (χ2v) is 8.84. The number of amides is 1. The van der Waals surface area contributed by atoms with Gasteiger partial charge in [-0.3, -0.25) is 9.10 Å². The molecular formula is C19H22Cl2N2O4S. The highest BCUT2D eigenvalue weighted by atomic mass is 35.5. The number of carbonyl (C=O) groups excluding carboxylic acids is 1. The summed E-state index contributed by atoms with van der Waals surface area (Å²) in [6, 6.07) is 11.7. The van der Waals surface area contributed by atoms with E-state index in [1.807, 2.05) is 19.1 Å². The molecule has 6 nitrogen and oxygen atoms in total. The van der Waals surface area contributed by atoms with Gasteiger partial charge < -0.3 is 10.1 Å². The van der Waals surface area contributed by atoms with Crippen molar-refractivity contribution in [2.45, 2.75) is 19.4 Å². The molecule has 28 heavy (non-hydrogen) atoms. The van der Waals surface area contributed by atoms with Crippen molar-refractivity contribution in [1.29, 1.82) is 0 Å². The van der Waals surface area contributed by atoms with E-state index in [0.29, 0.717) is 12.2 Å². The summed E-state index contributed by atoms with van der Waals surface area (Å²) in [4.78, 5) is 12.6. The number of hydrogen-bond acceptors (Lipinski definition) is 4. The Morgan fingerprint density at radius 2 is 1.82 bits per heavy atom. The molecule has 152 valence electrons. The topological polar surface area (TPSA) is 75.7 Å². The van der Waals surface area contributed by atoms with Crippen LogP contribution in [0.1, 0.15) is 24.9 Å². The molecule has 2 aromatic carbocycles. The largest absolute Gasteiger partial charge is 0.497 e. The minimum absolute atomic E-state index is 0.0737. The van der Waals surface area contributed by atoms with Gasteiger partial charge in [-0.05, 0) is 36.2 Å². The molecule has 0 fully saturated rings. The lowest BCUT2D eigenvalue weighted by Gasteiger charge is -2.25. The van der Waals surface area contributed by atoms with Gasteiger partial charge >= 0.3 is 0 Å². The standard InChI is InChI=1S/C19H22Cl2N2O4S/c1-4-16(13-8-10-14(27-2)11-9-13)22-18(24)12-23(28(3,25)26)17-7-5-6-15(20)19(17)21/h5-11,16H,4,12H2,1-3H3,(H,22,24)/t16-/m1/s1. The summed E-state index contributed by atoms with van der Waals surface area (Å²) in [7, 11) is -2.18. The van der Waals surface area contributed by atoms with E-state index in [0.717, 1.165) is 16.1 Å². The maximum absolute atomic E-state index is 12.6. The Hall–Kier alpha value is -1.96. The highest BCUT2D eigenvalue weighted by molar-refractivity contribution is 7.92. The molecule has 0 saturated carbocycles. The van der Waals surface area contributed by atoms with Crippen molar-refractivity contribution in [3.05, 3.63) is 58.1 Å². The van der Waals surface area contributed by atoms with Crippen molar-refractivity contribution in [2.75, 3.05) is 24.2 Å². The molecule has 0 aromatic heterocycles. The van der Waals surface area contributed by atoms with Crippen LogP contribution in [0.5, 0.6) is 5.75 Å². The van der Waals surface area contributed by atoms with E-state index in [2.05, 4.69) is 5.32 Å². The zero-order valence-corrected chi connectivity index (χ0v) is 18.1. The lowest BCUT2D eigenvalue weighted by atomic mass is 10.0. The minimum Gasteiger partial charge on any atom is -0.497 e. The van der Waals surface area contributed by atoms with Crippen LogP contribution in [0.2, 0.25) is 10.0 Å². The average Bonchev–Trinajstić information content (AvgIpc) is 2.66. The summed E-state index contributed by atoms with van der Waals surface area (Å²) < 4.78 is 30.6. The first-order valence-corrected chi connectivity index (χ1v) is 11.1. The Kier molecular flexibility index (Phi) is 7.57. The Labute approximate surface area is 175 Å². The first-order valence-electron chi connectivity index (χ1n) is 8.52. The Morgan fingerprint density at radius 3 is 2.36 bits per heavy atom. The maximum Gasteiger partial charge on any atom is 0.241 e. The summed E-state index contributed by atoms with van der Waals surface area (Å²) in [5.41, 5.74) is 1.05. The molecule has 2 aromatic rings. The SMILES string of the molecule is CC[C@@H](NC(=O)CN(c1cccc(Cl)c1Cl)S(C)(=O)=O)c1ccc(OC)cc1. The molecule has 2 rings (SSSR count). The van der Waals surface area contributed by atoms with Crippen molar-refractivity contribution >= 4 is 44.8 Å². The number of rotatable bonds is 8. The number of hydrogen-bond donors (Lipinski definition) is 1. The van der Waals surface area contributed by atoms with Crippen molar-refractivity contribution in [3.63, 3.8) is 0 Å². The summed E-state index contributed by atoms with van der Waals surface area (Å²) in [5.74, 6) is 0.257. The number of sulfonamides is 1. The number of halogens is 2.